The highest BCUT2D eigenvalue weighted by atomic mass is 16.5. The zero-order valence-electron chi connectivity index (χ0n) is 11.1. The van der Waals surface area contributed by atoms with Gasteiger partial charge in [-0.1, -0.05) is 0 Å². The number of amides is 1. The first-order valence-electron chi connectivity index (χ1n) is 7.01. The summed E-state index contributed by atoms with van der Waals surface area (Å²) in [5.41, 5.74) is 0. The van der Waals surface area contributed by atoms with E-state index >= 15 is 0 Å². The van der Waals surface area contributed by atoms with E-state index in [4.69, 9.17) is 9.84 Å². The molecule has 1 unspecified atom stereocenters. The Labute approximate surface area is 113 Å². The number of likely N-dealkylation sites (tertiary alicyclic amines) is 1. The molecule has 6 nitrogen and oxygen atoms in total. The molecule has 2 N–H and O–H groups in total. The van der Waals surface area contributed by atoms with Crippen molar-refractivity contribution in [3.05, 3.63) is 0 Å². The van der Waals surface area contributed by atoms with Crippen LogP contribution in [0.5, 0.6) is 0 Å². The van der Waals surface area contributed by atoms with Gasteiger partial charge in [0.15, 0.2) is 0 Å². The summed E-state index contributed by atoms with van der Waals surface area (Å²) in [7, 11) is 0. The van der Waals surface area contributed by atoms with Crippen LogP contribution in [0.3, 0.4) is 0 Å². The zero-order chi connectivity index (χ0) is 13.7. The van der Waals surface area contributed by atoms with E-state index in [1.54, 1.807) is 0 Å². The fraction of sp³-hybridized carbons (Fsp3) is 0.846. The van der Waals surface area contributed by atoms with Crippen molar-refractivity contribution in [2.24, 2.45) is 0 Å². The summed E-state index contributed by atoms with van der Waals surface area (Å²) in [5.74, 6) is -0.797. The van der Waals surface area contributed by atoms with Crippen molar-refractivity contribution in [3.63, 3.8) is 0 Å². The molecule has 19 heavy (non-hydrogen) atoms. The molecule has 0 aromatic carbocycles. The molecule has 2 saturated heterocycles. The van der Waals surface area contributed by atoms with Gasteiger partial charge >= 0.3 is 5.97 Å². The highest BCUT2D eigenvalue weighted by Crippen LogP contribution is 2.15. The molecule has 0 saturated carbocycles. The van der Waals surface area contributed by atoms with Gasteiger partial charge in [0, 0.05) is 25.7 Å². The summed E-state index contributed by atoms with van der Waals surface area (Å²) in [4.78, 5) is 24.5. The summed E-state index contributed by atoms with van der Waals surface area (Å²) in [6.45, 7) is 2.22. The Morgan fingerprint density at radius 3 is 2.53 bits per heavy atom. The minimum Gasteiger partial charge on any atom is -0.480 e. The van der Waals surface area contributed by atoms with Gasteiger partial charge in [0.05, 0.1) is 6.54 Å². The fourth-order valence-corrected chi connectivity index (χ4v) is 2.67. The molecule has 1 amide bonds. The number of nitrogens with one attached hydrogen (secondary N) is 1. The van der Waals surface area contributed by atoms with Gasteiger partial charge in [-0.05, 0) is 32.1 Å². The average molecular weight is 270 g/mol. The van der Waals surface area contributed by atoms with Gasteiger partial charge in [0.25, 0.3) is 0 Å². The molecule has 0 bridgehead atoms. The molecular weight excluding hydrogens is 248 g/mol. The number of carboxylic acid groups (broad SMARTS) is 1. The maximum Gasteiger partial charge on any atom is 0.317 e. The summed E-state index contributed by atoms with van der Waals surface area (Å²) in [6, 6.07) is 0.156. The van der Waals surface area contributed by atoms with E-state index in [0.29, 0.717) is 6.61 Å². The number of piperidine rings is 1. The number of carbonyl (C=O) groups is 2. The third-order valence-electron chi connectivity index (χ3n) is 3.76. The van der Waals surface area contributed by atoms with E-state index in [9.17, 15) is 9.59 Å². The van der Waals surface area contributed by atoms with Gasteiger partial charge in [0.1, 0.15) is 6.10 Å². The van der Waals surface area contributed by atoms with Crippen molar-refractivity contribution in [1.82, 2.24) is 10.2 Å². The Kier molecular flexibility index (Phi) is 5.15. The molecule has 6 heteroatoms. The topological polar surface area (TPSA) is 78.9 Å². The standard InChI is InChI=1S/C13H22N2O4/c16-12(17)9-15-6-4-10(5-7-15)14-13(18)11-3-1-2-8-19-11/h10-11H,1-9H2,(H,14,18)(H,16,17). The van der Waals surface area contributed by atoms with E-state index in [2.05, 4.69) is 5.32 Å². The second kappa shape index (κ2) is 6.86. The monoisotopic (exact) mass is 270 g/mol. The van der Waals surface area contributed by atoms with Crippen LogP contribution in [0.1, 0.15) is 32.1 Å². The molecule has 0 aliphatic carbocycles. The Hall–Kier alpha value is -1.14. The predicted octanol–water partition coefficient (Wildman–Crippen LogP) is 0.221. The van der Waals surface area contributed by atoms with Crippen LogP contribution in [0.15, 0.2) is 0 Å². The van der Waals surface area contributed by atoms with Gasteiger partial charge < -0.3 is 15.2 Å². The summed E-state index contributed by atoms with van der Waals surface area (Å²) in [6.07, 6.45) is 4.24. The van der Waals surface area contributed by atoms with E-state index < -0.39 is 5.97 Å². The molecule has 2 fully saturated rings. The van der Waals surface area contributed by atoms with Crippen molar-refractivity contribution in [1.29, 1.82) is 0 Å². The molecule has 0 spiro atoms. The third kappa shape index (κ3) is 4.47. The number of carbonyl (C=O) groups excluding carboxylic acids is 1. The van der Waals surface area contributed by atoms with E-state index in [1.165, 1.54) is 0 Å². The Morgan fingerprint density at radius 2 is 1.95 bits per heavy atom. The minimum atomic E-state index is -0.793. The molecular formula is C13H22N2O4. The smallest absolute Gasteiger partial charge is 0.317 e. The summed E-state index contributed by atoms with van der Waals surface area (Å²) in [5, 5.41) is 11.7. The number of ether oxygens (including phenoxy) is 1. The molecule has 2 aliphatic heterocycles. The number of rotatable bonds is 4. The Balaban J connectivity index is 1.69. The first-order valence-corrected chi connectivity index (χ1v) is 7.01. The lowest BCUT2D eigenvalue weighted by Gasteiger charge is -2.32. The molecule has 1 atom stereocenters. The maximum atomic E-state index is 12.0. The highest BCUT2D eigenvalue weighted by Gasteiger charge is 2.26. The quantitative estimate of drug-likeness (QED) is 0.764. The molecule has 0 aromatic heterocycles. The fourth-order valence-electron chi connectivity index (χ4n) is 2.67. The molecule has 2 rings (SSSR count). The predicted molar refractivity (Wildman–Crippen MR) is 68.8 cm³/mol. The van der Waals surface area contributed by atoms with Crippen molar-refractivity contribution in [2.45, 2.75) is 44.2 Å². The van der Waals surface area contributed by atoms with Crippen LogP contribution in [0, 0.1) is 0 Å². The SMILES string of the molecule is O=C(O)CN1CCC(NC(=O)C2CCCCO2)CC1. The Bertz CT molecular complexity index is 321. The normalized spacial score (nSPS) is 26.0. The minimum absolute atomic E-state index is 0.00335. The first-order chi connectivity index (χ1) is 9.15. The molecule has 2 aliphatic rings. The number of hydrogen-bond donors (Lipinski definition) is 2. The largest absolute Gasteiger partial charge is 0.480 e. The Morgan fingerprint density at radius 1 is 1.21 bits per heavy atom. The number of aliphatic carboxylic acids is 1. The summed E-state index contributed by atoms with van der Waals surface area (Å²) >= 11 is 0. The van der Waals surface area contributed by atoms with E-state index in [-0.39, 0.29) is 24.6 Å². The van der Waals surface area contributed by atoms with Crippen molar-refractivity contribution in [3.8, 4) is 0 Å². The van der Waals surface area contributed by atoms with Crippen LogP contribution in [0.25, 0.3) is 0 Å². The van der Waals surface area contributed by atoms with Crippen molar-refractivity contribution >= 4 is 11.9 Å². The van der Waals surface area contributed by atoms with Crippen LogP contribution in [0.2, 0.25) is 0 Å². The lowest BCUT2D eigenvalue weighted by molar-refractivity contribution is -0.139. The van der Waals surface area contributed by atoms with Gasteiger partial charge in [-0.3, -0.25) is 14.5 Å². The average Bonchev–Trinajstić information content (AvgIpc) is 2.41. The van der Waals surface area contributed by atoms with Crippen LogP contribution in [-0.2, 0) is 14.3 Å². The lowest BCUT2D eigenvalue weighted by Crippen LogP contribution is -2.49. The van der Waals surface area contributed by atoms with E-state index in [0.717, 1.165) is 45.2 Å². The zero-order valence-corrected chi connectivity index (χ0v) is 11.1. The van der Waals surface area contributed by atoms with Gasteiger partial charge in [-0.15, -0.1) is 0 Å². The molecule has 2 heterocycles. The summed E-state index contributed by atoms with van der Waals surface area (Å²) < 4.78 is 5.45. The van der Waals surface area contributed by atoms with Crippen molar-refractivity contribution < 1.29 is 19.4 Å². The van der Waals surface area contributed by atoms with Gasteiger partial charge in [0.2, 0.25) is 5.91 Å². The maximum absolute atomic E-state index is 12.0. The van der Waals surface area contributed by atoms with Crippen LogP contribution in [0.4, 0.5) is 0 Å². The van der Waals surface area contributed by atoms with Crippen LogP contribution in [-0.4, -0.2) is 60.3 Å². The first kappa shape index (κ1) is 14.3. The second-order valence-electron chi connectivity index (χ2n) is 5.31. The third-order valence-corrected chi connectivity index (χ3v) is 3.76. The molecule has 0 aromatic rings. The second-order valence-corrected chi connectivity index (χ2v) is 5.31. The van der Waals surface area contributed by atoms with Gasteiger partial charge in [-0.2, -0.15) is 0 Å². The van der Waals surface area contributed by atoms with Gasteiger partial charge in [-0.25, -0.2) is 0 Å². The lowest BCUT2D eigenvalue weighted by atomic mass is 10.0. The number of nitrogens with zero attached hydrogens (tertiary/aromatic N) is 1. The number of carboxylic acids is 1. The van der Waals surface area contributed by atoms with Crippen molar-refractivity contribution in [2.75, 3.05) is 26.2 Å². The molecule has 108 valence electrons. The number of hydrogen-bond acceptors (Lipinski definition) is 4. The van der Waals surface area contributed by atoms with E-state index in [1.807, 2.05) is 4.90 Å². The van der Waals surface area contributed by atoms with Crippen LogP contribution < -0.4 is 5.32 Å². The highest BCUT2D eigenvalue weighted by molar-refractivity contribution is 5.81. The molecule has 0 radical (unpaired) electrons. The van der Waals surface area contributed by atoms with Crippen LogP contribution >= 0.6 is 0 Å².